The van der Waals surface area contributed by atoms with Gasteiger partial charge in [0.25, 0.3) is 5.91 Å². The van der Waals surface area contributed by atoms with Crippen molar-refractivity contribution >= 4 is 28.5 Å². The summed E-state index contributed by atoms with van der Waals surface area (Å²) in [5, 5.41) is 21.2. The predicted molar refractivity (Wildman–Crippen MR) is 130 cm³/mol. The second-order valence-electron chi connectivity index (χ2n) is 7.71. The minimum atomic E-state index is -0.520. The summed E-state index contributed by atoms with van der Waals surface area (Å²) in [6.45, 7) is 8.85. The van der Waals surface area contributed by atoms with E-state index in [2.05, 4.69) is 15.5 Å². The van der Waals surface area contributed by atoms with Gasteiger partial charge in [0.05, 0.1) is 0 Å². The lowest BCUT2D eigenvalue weighted by Gasteiger charge is -2.12. The maximum absolute atomic E-state index is 12.4. The van der Waals surface area contributed by atoms with Crippen molar-refractivity contribution in [2.24, 2.45) is 0 Å². The van der Waals surface area contributed by atoms with Gasteiger partial charge < -0.3 is 9.47 Å². The summed E-state index contributed by atoms with van der Waals surface area (Å²) in [7, 11) is 0. The molecular weight excluding hydrogens is 436 g/mol. The molecule has 3 rings (SSSR count). The Morgan fingerprint density at radius 1 is 1.09 bits per heavy atom. The third-order valence-electron chi connectivity index (χ3n) is 4.72. The minimum Gasteiger partial charge on any atom is -0.490 e. The minimum absolute atomic E-state index is 0.0213. The highest BCUT2D eigenvalue weighted by molar-refractivity contribution is 7.15. The van der Waals surface area contributed by atoms with Crippen molar-refractivity contribution in [3.05, 3.63) is 69.7 Å². The van der Waals surface area contributed by atoms with Gasteiger partial charge in [0.2, 0.25) is 5.13 Å². The SMILES string of the molecule is Cc1cccc(C)c1OCCOc1ccc(C=C(C#N)C(=O)Nc2nnc(C(C)C)s2)cc1. The molecule has 0 saturated heterocycles. The van der Waals surface area contributed by atoms with E-state index >= 15 is 0 Å². The van der Waals surface area contributed by atoms with Crippen molar-refractivity contribution in [2.75, 3.05) is 18.5 Å². The molecule has 0 atom stereocenters. The largest absolute Gasteiger partial charge is 0.490 e. The van der Waals surface area contributed by atoms with Gasteiger partial charge in [-0.2, -0.15) is 5.26 Å². The number of rotatable bonds is 9. The van der Waals surface area contributed by atoms with E-state index in [-0.39, 0.29) is 11.5 Å². The van der Waals surface area contributed by atoms with Gasteiger partial charge in [0, 0.05) is 5.92 Å². The first-order valence-corrected chi connectivity index (χ1v) is 11.4. The Kier molecular flexibility index (Phi) is 8.17. The predicted octanol–water partition coefficient (Wildman–Crippen LogP) is 5.28. The number of hydrogen-bond acceptors (Lipinski definition) is 7. The summed E-state index contributed by atoms with van der Waals surface area (Å²) >= 11 is 1.30. The maximum Gasteiger partial charge on any atom is 0.268 e. The van der Waals surface area contributed by atoms with E-state index in [1.807, 2.05) is 52.0 Å². The highest BCUT2D eigenvalue weighted by atomic mass is 32.1. The van der Waals surface area contributed by atoms with Crippen LogP contribution in [0.5, 0.6) is 11.5 Å². The first-order valence-electron chi connectivity index (χ1n) is 10.6. The molecule has 0 unspecified atom stereocenters. The first kappa shape index (κ1) is 24.0. The van der Waals surface area contributed by atoms with Crippen molar-refractivity contribution in [1.82, 2.24) is 10.2 Å². The van der Waals surface area contributed by atoms with Crippen LogP contribution < -0.4 is 14.8 Å². The average Bonchev–Trinajstić information content (AvgIpc) is 3.26. The lowest BCUT2D eigenvalue weighted by atomic mass is 10.1. The Morgan fingerprint density at radius 2 is 1.76 bits per heavy atom. The standard InChI is InChI=1S/C25H26N4O3S/c1-16(2)24-28-29-25(33-24)27-23(30)20(15-26)14-19-8-10-21(11-9-19)31-12-13-32-22-17(3)6-5-7-18(22)4/h5-11,14,16H,12-13H2,1-4H3,(H,27,29,30). The Bertz CT molecular complexity index is 1160. The van der Waals surface area contributed by atoms with Crippen molar-refractivity contribution in [2.45, 2.75) is 33.6 Å². The van der Waals surface area contributed by atoms with E-state index in [4.69, 9.17) is 9.47 Å². The molecule has 0 saturated carbocycles. The molecule has 33 heavy (non-hydrogen) atoms. The molecule has 0 aliphatic rings. The number of ether oxygens (including phenoxy) is 2. The molecule has 0 radical (unpaired) electrons. The molecule has 1 amide bonds. The second-order valence-corrected chi connectivity index (χ2v) is 8.72. The van der Waals surface area contributed by atoms with E-state index in [1.165, 1.54) is 17.4 Å². The third kappa shape index (κ3) is 6.64. The third-order valence-corrected chi connectivity index (χ3v) is 5.86. The van der Waals surface area contributed by atoms with Gasteiger partial charge in [-0.05, 0) is 48.7 Å². The highest BCUT2D eigenvalue weighted by Gasteiger charge is 2.14. The fraction of sp³-hybridized carbons (Fsp3) is 0.280. The number of carbonyl (C=O) groups is 1. The Labute approximate surface area is 197 Å². The molecule has 0 aliphatic heterocycles. The van der Waals surface area contributed by atoms with Crippen LogP contribution in [0.25, 0.3) is 6.08 Å². The van der Waals surface area contributed by atoms with Crippen LogP contribution in [0.4, 0.5) is 5.13 Å². The fourth-order valence-electron chi connectivity index (χ4n) is 2.99. The number of hydrogen-bond donors (Lipinski definition) is 1. The van der Waals surface area contributed by atoms with Crippen LogP contribution in [-0.4, -0.2) is 29.3 Å². The van der Waals surface area contributed by atoms with E-state index in [0.29, 0.717) is 29.7 Å². The molecule has 170 valence electrons. The van der Waals surface area contributed by atoms with Crippen molar-refractivity contribution in [1.29, 1.82) is 5.26 Å². The molecule has 0 bridgehead atoms. The molecule has 3 aromatic rings. The number of nitrogens with zero attached hydrogens (tertiary/aromatic N) is 3. The summed E-state index contributed by atoms with van der Waals surface area (Å²) in [5.41, 5.74) is 2.87. The van der Waals surface area contributed by atoms with Gasteiger partial charge in [-0.1, -0.05) is 55.5 Å². The second kappa shape index (κ2) is 11.2. The van der Waals surface area contributed by atoms with Crippen LogP contribution in [0.2, 0.25) is 0 Å². The zero-order valence-electron chi connectivity index (χ0n) is 19.1. The van der Waals surface area contributed by atoms with Crippen LogP contribution in [0.1, 0.15) is 41.5 Å². The Hall–Kier alpha value is -3.70. The summed E-state index contributed by atoms with van der Waals surface area (Å²) < 4.78 is 11.6. The van der Waals surface area contributed by atoms with Crippen molar-refractivity contribution in [3.8, 4) is 17.6 Å². The number of anilines is 1. The number of carbonyl (C=O) groups excluding carboxylic acids is 1. The number of nitrogens with one attached hydrogen (secondary N) is 1. The van der Waals surface area contributed by atoms with Crippen molar-refractivity contribution in [3.63, 3.8) is 0 Å². The lowest BCUT2D eigenvalue weighted by Crippen LogP contribution is -2.13. The van der Waals surface area contributed by atoms with Gasteiger partial charge in [-0.3, -0.25) is 10.1 Å². The molecular formula is C25H26N4O3S. The van der Waals surface area contributed by atoms with Crippen LogP contribution in [-0.2, 0) is 4.79 Å². The van der Waals surface area contributed by atoms with Gasteiger partial charge >= 0.3 is 0 Å². The molecule has 1 N–H and O–H groups in total. The van der Waals surface area contributed by atoms with Crippen LogP contribution in [0.3, 0.4) is 0 Å². The van der Waals surface area contributed by atoms with Crippen molar-refractivity contribution < 1.29 is 14.3 Å². The van der Waals surface area contributed by atoms with E-state index < -0.39 is 5.91 Å². The van der Waals surface area contributed by atoms with Gasteiger partial charge in [-0.15, -0.1) is 10.2 Å². The average molecular weight is 463 g/mol. The number of para-hydroxylation sites is 1. The van der Waals surface area contributed by atoms with Crippen LogP contribution in [0, 0.1) is 25.2 Å². The highest BCUT2D eigenvalue weighted by Crippen LogP contribution is 2.24. The number of benzene rings is 2. The van der Waals surface area contributed by atoms with Crippen LogP contribution in [0.15, 0.2) is 48.0 Å². The smallest absolute Gasteiger partial charge is 0.268 e. The van der Waals surface area contributed by atoms with Gasteiger partial charge in [0.15, 0.2) is 0 Å². The molecule has 2 aromatic carbocycles. The van der Waals surface area contributed by atoms with Crippen LogP contribution >= 0.6 is 11.3 Å². The summed E-state index contributed by atoms with van der Waals surface area (Å²) in [6.07, 6.45) is 1.52. The molecule has 8 heteroatoms. The summed E-state index contributed by atoms with van der Waals surface area (Å²) in [6, 6.07) is 15.1. The molecule has 0 spiro atoms. The number of amides is 1. The summed E-state index contributed by atoms with van der Waals surface area (Å²) in [5.74, 6) is 1.26. The molecule has 0 fully saturated rings. The normalized spacial score (nSPS) is 11.2. The molecule has 1 heterocycles. The quantitative estimate of drug-likeness (QED) is 0.264. The lowest BCUT2D eigenvalue weighted by molar-refractivity contribution is -0.112. The zero-order chi connectivity index (χ0) is 23.8. The number of nitriles is 1. The first-order chi connectivity index (χ1) is 15.9. The van der Waals surface area contributed by atoms with Gasteiger partial charge in [-0.25, -0.2) is 0 Å². The molecule has 7 nitrogen and oxygen atoms in total. The Balaban J connectivity index is 1.54. The topological polar surface area (TPSA) is 97.1 Å². The van der Waals surface area contributed by atoms with E-state index in [0.717, 1.165) is 21.9 Å². The molecule has 0 aliphatic carbocycles. The zero-order valence-corrected chi connectivity index (χ0v) is 19.9. The maximum atomic E-state index is 12.4. The van der Waals surface area contributed by atoms with E-state index in [9.17, 15) is 10.1 Å². The molecule has 1 aromatic heterocycles. The van der Waals surface area contributed by atoms with E-state index in [1.54, 1.807) is 24.3 Å². The Morgan fingerprint density at radius 3 is 2.36 bits per heavy atom. The monoisotopic (exact) mass is 462 g/mol. The van der Waals surface area contributed by atoms with Gasteiger partial charge in [0.1, 0.15) is 41.4 Å². The number of aromatic nitrogens is 2. The summed E-state index contributed by atoms with van der Waals surface area (Å²) in [4.78, 5) is 12.4. The fourth-order valence-corrected chi connectivity index (χ4v) is 3.73. The number of aryl methyl sites for hydroxylation is 2.